The number of aryl methyl sites for hydroxylation is 1. The first kappa shape index (κ1) is 16.1. The molecule has 0 aliphatic carbocycles. The molecule has 20 heavy (non-hydrogen) atoms. The lowest BCUT2D eigenvalue weighted by molar-refractivity contribution is -0.137. The van der Waals surface area contributed by atoms with Gasteiger partial charge in [0.25, 0.3) is 5.56 Å². The molecule has 0 aromatic carbocycles. The van der Waals surface area contributed by atoms with Gasteiger partial charge in [0.2, 0.25) is 10.0 Å². The third kappa shape index (κ3) is 2.96. The van der Waals surface area contributed by atoms with Gasteiger partial charge in [0.1, 0.15) is 0 Å². The van der Waals surface area contributed by atoms with Crippen LogP contribution in [0.2, 0.25) is 0 Å². The predicted molar refractivity (Wildman–Crippen MR) is 69.0 cm³/mol. The summed E-state index contributed by atoms with van der Waals surface area (Å²) in [4.78, 5) is 33.2. The molecule has 1 aromatic rings. The van der Waals surface area contributed by atoms with Gasteiger partial charge < -0.3 is 9.67 Å². The maximum Gasteiger partial charge on any atom is 0.330 e. The Morgan fingerprint density at radius 1 is 1.35 bits per heavy atom. The number of hydrogen-bond donors (Lipinski definition) is 1. The number of nitrogens with zero attached hydrogens (tertiary/aromatic N) is 3. The molecule has 0 radical (unpaired) electrons. The summed E-state index contributed by atoms with van der Waals surface area (Å²) in [6.07, 6.45) is 0.541. The lowest BCUT2D eigenvalue weighted by Crippen LogP contribution is -2.42. The van der Waals surface area contributed by atoms with Crippen LogP contribution in [0.1, 0.15) is 6.42 Å². The Labute approximate surface area is 114 Å². The van der Waals surface area contributed by atoms with Gasteiger partial charge in [0, 0.05) is 33.9 Å². The Balaban J connectivity index is 3.33. The zero-order chi connectivity index (χ0) is 15.7. The molecule has 1 heterocycles. The standard InChI is InChI=1S/C10H15N3O6S/c1-11-6-7(9(16)13(3)10(11)17)20(18,19)12(2)5-4-8(14)15/h6H,4-5H2,1-3H3,(H,14,15). The zero-order valence-electron chi connectivity index (χ0n) is 11.2. The van der Waals surface area contributed by atoms with Crippen LogP contribution >= 0.6 is 0 Å². The molecule has 0 aliphatic heterocycles. The minimum Gasteiger partial charge on any atom is -0.481 e. The number of rotatable bonds is 5. The van der Waals surface area contributed by atoms with Crippen LogP contribution in [0.15, 0.2) is 20.7 Å². The highest BCUT2D eigenvalue weighted by atomic mass is 32.2. The van der Waals surface area contributed by atoms with Crippen LogP contribution in [-0.4, -0.2) is 46.5 Å². The minimum atomic E-state index is -4.15. The summed E-state index contributed by atoms with van der Waals surface area (Å²) >= 11 is 0. The predicted octanol–water partition coefficient (Wildman–Crippen LogP) is -1.82. The van der Waals surface area contributed by atoms with Crippen molar-refractivity contribution in [3.05, 3.63) is 27.0 Å². The molecule has 0 unspecified atom stereocenters. The van der Waals surface area contributed by atoms with Crippen molar-refractivity contribution in [3.63, 3.8) is 0 Å². The van der Waals surface area contributed by atoms with Crippen LogP contribution in [0.5, 0.6) is 0 Å². The van der Waals surface area contributed by atoms with Crippen molar-refractivity contribution in [3.8, 4) is 0 Å². The van der Waals surface area contributed by atoms with Crippen molar-refractivity contribution in [1.82, 2.24) is 13.4 Å². The van der Waals surface area contributed by atoms with Crippen LogP contribution in [0.3, 0.4) is 0 Å². The second-order valence-electron chi connectivity index (χ2n) is 4.22. The van der Waals surface area contributed by atoms with E-state index in [1.807, 2.05) is 0 Å². The summed E-state index contributed by atoms with van der Waals surface area (Å²) in [7, 11) is -0.496. The molecule has 0 amide bonds. The summed E-state index contributed by atoms with van der Waals surface area (Å²) < 4.78 is 26.8. The summed E-state index contributed by atoms with van der Waals surface area (Å²) in [5, 5.41) is 8.55. The van der Waals surface area contributed by atoms with Crippen molar-refractivity contribution in [2.75, 3.05) is 13.6 Å². The van der Waals surface area contributed by atoms with Crippen molar-refractivity contribution < 1.29 is 18.3 Å². The number of carboxylic acids is 1. The van der Waals surface area contributed by atoms with Crippen LogP contribution in [0, 0.1) is 0 Å². The molecule has 10 heteroatoms. The van der Waals surface area contributed by atoms with Gasteiger partial charge in [0.05, 0.1) is 6.42 Å². The quantitative estimate of drug-likeness (QED) is 0.684. The van der Waals surface area contributed by atoms with E-state index in [0.29, 0.717) is 4.57 Å². The molecule has 0 bridgehead atoms. The molecule has 1 rings (SSSR count). The summed E-state index contributed by atoms with van der Waals surface area (Å²) in [5.74, 6) is -1.15. The highest BCUT2D eigenvalue weighted by Crippen LogP contribution is 2.08. The van der Waals surface area contributed by atoms with Gasteiger partial charge >= 0.3 is 11.7 Å². The monoisotopic (exact) mass is 305 g/mol. The average molecular weight is 305 g/mol. The fourth-order valence-electron chi connectivity index (χ4n) is 1.49. The molecule has 0 fully saturated rings. The van der Waals surface area contributed by atoms with Crippen LogP contribution in [0.4, 0.5) is 0 Å². The van der Waals surface area contributed by atoms with Crippen LogP contribution < -0.4 is 11.2 Å². The number of hydrogen-bond acceptors (Lipinski definition) is 5. The second-order valence-corrected chi connectivity index (χ2v) is 6.23. The lowest BCUT2D eigenvalue weighted by Gasteiger charge is -2.16. The van der Waals surface area contributed by atoms with Crippen molar-refractivity contribution >= 4 is 16.0 Å². The molecular weight excluding hydrogens is 290 g/mol. The number of carboxylic acid groups (broad SMARTS) is 1. The fourth-order valence-corrected chi connectivity index (χ4v) is 2.81. The highest BCUT2D eigenvalue weighted by Gasteiger charge is 2.26. The molecule has 1 N–H and O–H groups in total. The Morgan fingerprint density at radius 2 is 1.90 bits per heavy atom. The SMILES string of the molecule is CN(CCC(=O)O)S(=O)(=O)c1cn(C)c(=O)n(C)c1=O. The van der Waals surface area contributed by atoms with Gasteiger partial charge in [-0.15, -0.1) is 0 Å². The van der Waals surface area contributed by atoms with E-state index in [9.17, 15) is 22.8 Å². The average Bonchev–Trinajstić information content (AvgIpc) is 2.37. The first-order valence-corrected chi connectivity index (χ1v) is 6.98. The largest absolute Gasteiger partial charge is 0.481 e. The number of carbonyl (C=O) groups is 1. The molecule has 0 aliphatic rings. The van der Waals surface area contributed by atoms with Gasteiger partial charge in [0.15, 0.2) is 4.90 Å². The number of sulfonamides is 1. The smallest absolute Gasteiger partial charge is 0.330 e. The van der Waals surface area contributed by atoms with Crippen LogP contribution in [-0.2, 0) is 28.9 Å². The normalized spacial score (nSPS) is 11.8. The van der Waals surface area contributed by atoms with E-state index in [4.69, 9.17) is 5.11 Å². The van der Waals surface area contributed by atoms with E-state index in [-0.39, 0.29) is 13.0 Å². The third-order valence-electron chi connectivity index (χ3n) is 2.74. The minimum absolute atomic E-state index is 0.274. The van der Waals surface area contributed by atoms with E-state index in [1.54, 1.807) is 0 Å². The third-order valence-corrected chi connectivity index (χ3v) is 4.58. The van der Waals surface area contributed by atoms with Gasteiger partial charge in [-0.25, -0.2) is 17.5 Å². The topological polar surface area (TPSA) is 119 Å². The molecule has 1 aromatic heterocycles. The first-order valence-electron chi connectivity index (χ1n) is 5.54. The van der Waals surface area contributed by atoms with E-state index in [0.717, 1.165) is 15.1 Å². The molecule has 112 valence electrons. The van der Waals surface area contributed by atoms with Crippen molar-refractivity contribution in [2.45, 2.75) is 11.3 Å². The van der Waals surface area contributed by atoms with Gasteiger partial charge in [-0.1, -0.05) is 0 Å². The highest BCUT2D eigenvalue weighted by molar-refractivity contribution is 7.89. The van der Waals surface area contributed by atoms with E-state index < -0.39 is 32.1 Å². The molecule has 0 spiro atoms. The Kier molecular flexibility index (Phi) is 4.50. The van der Waals surface area contributed by atoms with Crippen molar-refractivity contribution in [2.24, 2.45) is 14.1 Å². The Hall–Kier alpha value is -1.94. The molecule has 0 saturated carbocycles. The Morgan fingerprint density at radius 3 is 2.40 bits per heavy atom. The summed E-state index contributed by atoms with van der Waals surface area (Å²) in [6, 6.07) is 0. The molecule has 0 atom stereocenters. The Bertz CT molecular complexity index is 745. The van der Waals surface area contributed by atoms with E-state index in [2.05, 4.69) is 0 Å². The summed E-state index contributed by atoms with van der Waals surface area (Å²) in [6.45, 7) is -0.274. The number of aliphatic carboxylic acids is 1. The lowest BCUT2D eigenvalue weighted by atomic mass is 10.4. The van der Waals surface area contributed by atoms with Gasteiger partial charge in [-0.3, -0.25) is 14.2 Å². The summed E-state index contributed by atoms with van der Waals surface area (Å²) in [5.41, 5.74) is -1.60. The second kappa shape index (κ2) is 5.59. The van der Waals surface area contributed by atoms with E-state index >= 15 is 0 Å². The van der Waals surface area contributed by atoms with Gasteiger partial charge in [-0.05, 0) is 0 Å². The fraction of sp³-hybridized carbons (Fsp3) is 0.500. The molecule has 9 nitrogen and oxygen atoms in total. The number of aromatic nitrogens is 2. The van der Waals surface area contributed by atoms with Crippen LogP contribution in [0.25, 0.3) is 0 Å². The van der Waals surface area contributed by atoms with E-state index in [1.165, 1.54) is 21.1 Å². The maximum atomic E-state index is 12.2. The zero-order valence-corrected chi connectivity index (χ0v) is 12.0. The molecule has 0 saturated heterocycles. The van der Waals surface area contributed by atoms with Gasteiger partial charge in [-0.2, -0.15) is 0 Å². The first-order chi connectivity index (χ1) is 9.09. The van der Waals surface area contributed by atoms with Crippen molar-refractivity contribution in [1.29, 1.82) is 0 Å². The maximum absolute atomic E-state index is 12.2. The molecular formula is C10H15N3O6S.